The minimum absolute atomic E-state index is 0.318. The Morgan fingerprint density at radius 1 is 1.21 bits per heavy atom. The number of benzene rings is 2. The summed E-state index contributed by atoms with van der Waals surface area (Å²) in [5.41, 5.74) is 3.74. The molecule has 0 saturated carbocycles. The first-order valence-electron chi connectivity index (χ1n) is 9.62. The van der Waals surface area contributed by atoms with Crippen molar-refractivity contribution >= 4 is 28.6 Å². The number of para-hydroxylation sites is 2. The summed E-state index contributed by atoms with van der Waals surface area (Å²) in [7, 11) is 1.34. The number of carbonyl (C=O) groups excluding carboxylic acids is 2. The number of esters is 1. The molecule has 2 aromatic carbocycles. The molecular formula is C22H23N3O4. The van der Waals surface area contributed by atoms with Gasteiger partial charge in [0.2, 0.25) is 0 Å². The second kappa shape index (κ2) is 8.26. The smallest absolute Gasteiger partial charge is 0.347 e. The topological polar surface area (TPSA) is 92.5 Å². The maximum Gasteiger partial charge on any atom is 0.347 e. The molecule has 4 rings (SSSR count). The zero-order chi connectivity index (χ0) is 20.2. The number of hydrogen-bond acceptors (Lipinski definition) is 4. The van der Waals surface area contributed by atoms with E-state index in [1.807, 2.05) is 36.5 Å². The minimum atomic E-state index is -0.652. The molecule has 2 heterocycles. The number of urea groups is 1. The van der Waals surface area contributed by atoms with E-state index in [0.29, 0.717) is 37.2 Å². The number of aromatic nitrogens is 1. The molecule has 1 unspecified atom stereocenters. The van der Waals surface area contributed by atoms with Crippen molar-refractivity contribution in [2.45, 2.75) is 25.4 Å². The molecule has 7 nitrogen and oxygen atoms in total. The lowest BCUT2D eigenvalue weighted by molar-refractivity contribution is -0.149. The van der Waals surface area contributed by atoms with Crippen molar-refractivity contribution in [3.05, 3.63) is 59.8 Å². The normalized spacial score (nSPS) is 15.3. The number of fused-ring (bicyclic) bond motifs is 2. The molecule has 150 valence electrons. The number of aryl methyl sites for hydroxylation is 1. The van der Waals surface area contributed by atoms with Gasteiger partial charge in [-0.1, -0.05) is 30.3 Å². The maximum absolute atomic E-state index is 12.4. The van der Waals surface area contributed by atoms with E-state index in [0.717, 1.165) is 22.0 Å². The van der Waals surface area contributed by atoms with Gasteiger partial charge in [-0.3, -0.25) is 0 Å². The van der Waals surface area contributed by atoms with Crippen LogP contribution in [0.3, 0.4) is 0 Å². The third-order valence-electron chi connectivity index (χ3n) is 5.10. The third-order valence-corrected chi connectivity index (χ3v) is 5.10. The van der Waals surface area contributed by atoms with Gasteiger partial charge in [0.05, 0.1) is 12.8 Å². The van der Waals surface area contributed by atoms with E-state index < -0.39 is 12.1 Å². The second-order valence-electron chi connectivity index (χ2n) is 6.95. The van der Waals surface area contributed by atoms with Crippen molar-refractivity contribution < 1.29 is 19.1 Å². The van der Waals surface area contributed by atoms with Crippen LogP contribution in [0.25, 0.3) is 10.9 Å². The van der Waals surface area contributed by atoms with E-state index >= 15 is 0 Å². The average molecular weight is 393 g/mol. The van der Waals surface area contributed by atoms with Crippen molar-refractivity contribution in [1.29, 1.82) is 0 Å². The van der Waals surface area contributed by atoms with Gasteiger partial charge in [0.15, 0.2) is 6.10 Å². The quantitative estimate of drug-likeness (QED) is 0.579. The van der Waals surface area contributed by atoms with E-state index in [1.54, 1.807) is 6.07 Å². The largest absolute Gasteiger partial charge is 0.476 e. The third kappa shape index (κ3) is 4.03. The number of H-pyrrole nitrogens is 1. The number of anilines is 1. The number of aromatic amines is 1. The van der Waals surface area contributed by atoms with Crippen molar-refractivity contribution in [3.63, 3.8) is 0 Å². The van der Waals surface area contributed by atoms with E-state index in [-0.39, 0.29) is 6.03 Å². The van der Waals surface area contributed by atoms with Gasteiger partial charge in [-0.05, 0) is 42.5 Å². The zero-order valence-corrected chi connectivity index (χ0v) is 16.2. The van der Waals surface area contributed by atoms with Gasteiger partial charge in [0.1, 0.15) is 5.75 Å². The number of carbonyl (C=O) groups is 2. The van der Waals surface area contributed by atoms with Crippen LogP contribution in [0.4, 0.5) is 10.5 Å². The lowest BCUT2D eigenvalue weighted by Gasteiger charge is -2.26. The monoisotopic (exact) mass is 393 g/mol. The first-order valence-corrected chi connectivity index (χ1v) is 9.62. The Balaban J connectivity index is 1.37. The molecule has 3 aromatic rings. The molecule has 1 aromatic heterocycles. The van der Waals surface area contributed by atoms with Crippen LogP contribution in [-0.2, 0) is 22.4 Å². The molecule has 0 bridgehead atoms. The fourth-order valence-corrected chi connectivity index (χ4v) is 3.62. The number of methoxy groups -OCH3 is 1. The van der Waals surface area contributed by atoms with Gasteiger partial charge < -0.3 is 25.1 Å². The van der Waals surface area contributed by atoms with Crippen LogP contribution < -0.4 is 15.4 Å². The molecule has 0 radical (unpaired) electrons. The highest BCUT2D eigenvalue weighted by atomic mass is 16.6. The van der Waals surface area contributed by atoms with Crippen LogP contribution in [-0.4, -0.2) is 36.7 Å². The van der Waals surface area contributed by atoms with Crippen LogP contribution >= 0.6 is 0 Å². The number of rotatable bonds is 5. The summed E-state index contributed by atoms with van der Waals surface area (Å²) in [6.45, 7) is 0.494. The fraction of sp³-hybridized carbons (Fsp3) is 0.273. The molecule has 1 aliphatic heterocycles. The first-order chi connectivity index (χ1) is 14.2. The zero-order valence-electron chi connectivity index (χ0n) is 16.2. The summed E-state index contributed by atoms with van der Waals surface area (Å²) >= 11 is 0. The number of hydrogen-bond donors (Lipinski definition) is 3. The molecule has 2 amide bonds. The van der Waals surface area contributed by atoms with Gasteiger partial charge in [-0.2, -0.15) is 0 Å². The highest BCUT2D eigenvalue weighted by molar-refractivity contribution is 5.91. The Bertz CT molecular complexity index is 1040. The van der Waals surface area contributed by atoms with Gasteiger partial charge in [-0.25, -0.2) is 9.59 Å². The highest BCUT2D eigenvalue weighted by Gasteiger charge is 2.28. The van der Waals surface area contributed by atoms with Crippen LogP contribution in [0.1, 0.15) is 17.5 Å². The molecule has 29 heavy (non-hydrogen) atoms. The molecule has 1 aliphatic rings. The molecular weight excluding hydrogens is 370 g/mol. The minimum Gasteiger partial charge on any atom is -0.476 e. The van der Waals surface area contributed by atoms with E-state index in [1.165, 1.54) is 7.11 Å². The summed E-state index contributed by atoms with van der Waals surface area (Å²) in [5, 5.41) is 6.87. The van der Waals surface area contributed by atoms with Gasteiger partial charge in [0, 0.05) is 23.6 Å². The summed E-state index contributed by atoms with van der Waals surface area (Å²) < 4.78 is 10.6. The number of amides is 2. The summed E-state index contributed by atoms with van der Waals surface area (Å²) in [6.07, 6.45) is 3.27. The Labute approximate surface area is 168 Å². The average Bonchev–Trinajstić information content (AvgIpc) is 3.16. The first kappa shape index (κ1) is 18.9. The van der Waals surface area contributed by atoms with Gasteiger partial charge in [0.25, 0.3) is 0 Å². The predicted molar refractivity (Wildman–Crippen MR) is 110 cm³/mol. The number of nitrogens with one attached hydrogen (secondary N) is 3. The lowest BCUT2D eigenvalue weighted by Crippen LogP contribution is -2.34. The highest BCUT2D eigenvalue weighted by Crippen LogP contribution is 2.35. The van der Waals surface area contributed by atoms with Crippen LogP contribution in [0, 0.1) is 0 Å². The van der Waals surface area contributed by atoms with Crippen LogP contribution in [0.15, 0.2) is 48.7 Å². The molecule has 0 fully saturated rings. The van der Waals surface area contributed by atoms with Crippen molar-refractivity contribution in [2.24, 2.45) is 0 Å². The molecule has 3 N–H and O–H groups in total. The molecule has 0 saturated heterocycles. The van der Waals surface area contributed by atoms with E-state index in [4.69, 9.17) is 9.47 Å². The summed E-state index contributed by atoms with van der Waals surface area (Å²) in [6, 6.07) is 13.3. The van der Waals surface area contributed by atoms with Crippen LogP contribution in [0.5, 0.6) is 5.75 Å². The van der Waals surface area contributed by atoms with Crippen molar-refractivity contribution in [1.82, 2.24) is 10.3 Å². The Kier molecular flexibility index (Phi) is 5.37. The molecule has 1 atom stereocenters. The number of ether oxygens (including phenoxy) is 2. The Morgan fingerprint density at radius 2 is 2.07 bits per heavy atom. The predicted octanol–water partition coefficient (Wildman–Crippen LogP) is 3.40. The fourth-order valence-electron chi connectivity index (χ4n) is 3.62. The Hall–Kier alpha value is -3.48. The standard InChI is InChI=1S/C22H23N3O4/c1-28-21(26)19-10-9-14-5-4-8-18(20(14)29-19)25-22(27)23-12-11-15-13-24-17-7-3-2-6-16(15)17/h2-8,13,19,24H,9-12H2,1H3,(H2,23,25,27). The second-order valence-corrected chi connectivity index (χ2v) is 6.95. The lowest BCUT2D eigenvalue weighted by atomic mass is 10.0. The summed E-state index contributed by atoms with van der Waals surface area (Å²) in [5.74, 6) is 0.120. The van der Waals surface area contributed by atoms with Crippen LogP contribution in [0.2, 0.25) is 0 Å². The molecule has 0 spiro atoms. The molecule has 0 aliphatic carbocycles. The maximum atomic E-state index is 12.4. The SMILES string of the molecule is COC(=O)C1CCc2cccc(NC(=O)NCCc3c[nH]c4ccccc34)c2O1. The van der Waals surface area contributed by atoms with Gasteiger partial charge in [-0.15, -0.1) is 0 Å². The van der Waals surface area contributed by atoms with Gasteiger partial charge >= 0.3 is 12.0 Å². The summed E-state index contributed by atoms with van der Waals surface area (Å²) in [4.78, 5) is 27.4. The molecule has 7 heteroatoms. The van der Waals surface area contributed by atoms with Crippen molar-refractivity contribution in [2.75, 3.05) is 19.0 Å². The van der Waals surface area contributed by atoms with E-state index in [2.05, 4.69) is 21.7 Å². The van der Waals surface area contributed by atoms with Crippen molar-refractivity contribution in [3.8, 4) is 5.75 Å². The Morgan fingerprint density at radius 3 is 2.93 bits per heavy atom. The van der Waals surface area contributed by atoms with E-state index in [9.17, 15) is 9.59 Å².